The van der Waals surface area contributed by atoms with Crippen molar-refractivity contribution in [3.63, 3.8) is 0 Å². The van der Waals surface area contributed by atoms with Crippen LogP contribution in [0.2, 0.25) is 0 Å². The molecular formula is C13H23N3O2. The van der Waals surface area contributed by atoms with Crippen LogP contribution < -0.4 is 10.1 Å². The predicted molar refractivity (Wildman–Crippen MR) is 72.2 cm³/mol. The van der Waals surface area contributed by atoms with Gasteiger partial charge in [-0.2, -0.15) is 4.98 Å². The second kappa shape index (κ2) is 7.87. The molecule has 1 aromatic rings. The van der Waals surface area contributed by atoms with Crippen LogP contribution in [-0.2, 0) is 11.2 Å². The fourth-order valence-corrected chi connectivity index (χ4v) is 1.48. The van der Waals surface area contributed by atoms with Crippen molar-refractivity contribution in [1.82, 2.24) is 9.97 Å². The minimum absolute atomic E-state index is 0.334. The Morgan fingerprint density at radius 3 is 2.67 bits per heavy atom. The third-order valence-electron chi connectivity index (χ3n) is 2.20. The summed E-state index contributed by atoms with van der Waals surface area (Å²) in [5, 5.41) is 3.27. The fraction of sp³-hybridized carbons (Fsp3) is 0.692. The molecule has 0 unspecified atom stereocenters. The van der Waals surface area contributed by atoms with Crippen LogP contribution in [0.5, 0.6) is 5.88 Å². The van der Waals surface area contributed by atoms with E-state index in [0.29, 0.717) is 25.1 Å². The summed E-state index contributed by atoms with van der Waals surface area (Å²) >= 11 is 0. The molecule has 0 bridgehead atoms. The lowest BCUT2D eigenvalue weighted by Crippen LogP contribution is -2.13. The first-order valence-corrected chi connectivity index (χ1v) is 6.42. The van der Waals surface area contributed by atoms with Gasteiger partial charge in [0.15, 0.2) is 0 Å². The Kier molecular flexibility index (Phi) is 6.43. The van der Waals surface area contributed by atoms with E-state index in [1.54, 1.807) is 7.11 Å². The van der Waals surface area contributed by atoms with Crippen molar-refractivity contribution in [3.8, 4) is 5.88 Å². The SMILES string of the molecule is CCCc1nc(NC(C)C)cc(OCCOC)n1. The van der Waals surface area contributed by atoms with E-state index in [-0.39, 0.29) is 0 Å². The third kappa shape index (κ3) is 5.31. The number of aromatic nitrogens is 2. The van der Waals surface area contributed by atoms with Gasteiger partial charge in [-0.05, 0) is 20.3 Å². The first-order chi connectivity index (χ1) is 8.65. The van der Waals surface area contributed by atoms with Gasteiger partial charge in [-0.15, -0.1) is 0 Å². The lowest BCUT2D eigenvalue weighted by atomic mass is 10.3. The molecular weight excluding hydrogens is 230 g/mol. The molecule has 1 rings (SSSR count). The lowest BCUT2D eigenvalue weighted by Gasteiger charge is -2.12. The van der Waals surface area contributed by atoms with Crippen molar-refractivity contribution in [3.05, 3.63) is 11.9 Å². The van der Waals surface area contributed by atoms with E-state index in [2.05, 4.69) is 36.1 Å². The van der Waals surface area contributed by atoms with Crippen LogP contribution in [-0.4, -0.2) is 36.3 Å². The van der Waals surface area contributed by atoms with Gasteiger partial charge in [-0.25, -0.2) is 4.98 Å². The third-order valence-corrected chi connectivity index (χ3v) is 2.20. The number of nitrogens with zero attached hydrogens (tertiary/aromatic N) is 2. The largest absolute Gasteiger partial charge is 0.475 e. The number of aryl methyl sites for hydroxylation is 1. The molecule has 0 saturated carbocycles. The topological polar surface area (TPSA) is 56.3 Å². The van der Waals surface area contributed by atoms with Gasteiger partial charge in [0.1, 0.15) is 18.2 Å². The van der Waals surface area contributed by atoms with Gasteiger partial charge >= 0.3 is 0 Å². The van der Waals surface area contributed by atoms with Crippen molar-refractivity contribution in [2.45, 2.75) is 39.7 Å². The molecule has 0 aliphatic rings. The maximum atomic E-state index is 5.54. The average molecular weight is 253 g/mol. The van der Waals surface area contributed by atoms with E-state index in [0.717, 1.165) is 24.5 Å². The van der Waals surface area contributed by atoms with E-state index in [4.69, 9.17) is 9.47 Å². The van der Waals surface area contributed by atoms with Crippen LogP contribution >= 0.6 is 0 Å². The van der Waals surface area contributed by atoms with Crippen molar-refractivity contribution in [2.75, 3.05) is 25.6 Å². The molecule has 0 aromatic carbocycles. The second-order valence-electron chi connectivity index (χ2n) is 4.40. The Labute approximate surface area is 109 Å². The van der Waals surface area contributed by atoms with Crippen LogP contribution in [0.4, 0.5) is 5.82 Å². The maximum absolute atomic E-state index is 5.54. The predicted octanol–water partition coefficient (Wildman–Crippen LogP) is 2.27. The molecule has 0 atom stereocenters. The van der Waals surface area contributed by atoms with E-state index in [1.807, 2.05) is 6.07 Å². The van der Waals surface area contributed by atoms with Crippen LogP contribution in [0, 0.1) is 0 Å². The number of rotatable bonds is 8. The molecule has 1 N–H and O–H groups in total. The summed E-state index contributed by atoms with van der Waals surface area (Å²) in [5.74, 6) is 2.24. The van der Waals surface area contributed by atoms with Gasteiger partial charge in [-0.3, -0.25) is 0 Å². The minimum atomic E-state index is 0.334. The van der Waals surface area contributed by atoms with Crippen molar-refractivity contribution in [1.29, 1.82) is 0 Å². The van der Waals surface area contributed by atoms with E-state index in [1.165, 1.54) is 0 Å². The first kappa shape index (κ1) is 14.7. The second-order valence-corrected chi connectivity index (χ2v) is 4.40. The summed E-state index contributed by atoms with van der Waals surface area (Å²) in [7, 11) is 1.65. The number of hydrogen-bond acceptors (Lipinski definition) is 5. The number of ether oxygens (including phenoxy) is 2. The van der Waals surface area contributed by atoms with Gasteiger partial charge in [0.2, 0.25) is 5.88 Å². The van der Waals surface area contributed by atoms with Crippen molar-refractivity contribution < 1.29 is 9.47 Å². The highest BCUT2D eigenvalue weighted by atomic mass is 16.5. The molecule has 0 amide bonds. The molecule has 0 radical (unpaired) electrons. The zero-order valence-electron chi connectivity index (χ0n) is 11.7. The molecule has 18 heavy (non-hydrogen) atoms. The Morgan fingerprint density at radius 2 is 2.06 bits per heavy atom. The molecule has 0 spiro atoms. The van der Waals surface area contributed by atoms with Crippen molar-refractivity contribution >= 4 is 5.82 Å². The molecule has 0 fully saturated rings. The molecule has 1 heterocycles. The molecule has 1 aromatic heterocycles. The summed E-state index contributed by atoms with van der Waals surface area (Å²) in [6.45, 7) is 7.32. The monoisotopic (exact) mass is 253 g/mol. The summed E-state index contributed by atoms with van der Waals surface area (Å²) < 4.78 is 10.5. The standard InChI is InChI=1S/C13H23N3O2/c1-5-6-11-15-12(14-10(2)3)9-13(16-11)18-8-7-17-4/h9-10H,5-8H2,1-4H3,(H,14,15,16). The van der Waals surface area contributed by atoms with E-state index in [9.17, 15) is 0 Å². The summed E-state index contributed by atoms with van der Waals surface area (Å²) in [5.41, 5.74) is 0. The van der Waals surface area contributed by atoms with Gasteiger partial charge in [-0.1, -0.05) is 6.92 Å². The highest BCUT2D eigenvalue weighted by molar-refractivity contribution is 5.39. The molecule has 0 saturated heterocycles. The van der Waals surface area contributed by atoms with Crippen molar-refractivity contribution in [2.24, 2.45) is 0 Å². The van der Waals surface area contributed by atoms with Crippen LogP contribution in [0.1, 0.15) is 33.0 Å². The molecule has 0 aliphatic heterocycles. The Bertz CT molecular complexity index is 356. The molecule has 5 heteroatoms. The van der Waals surface area contributed by atoms with Gasteiger partial charge in [0.25, 0.3) is 0 Å². The number of anilines is 1. The highest BCUT2D eigenvalue weighted by Crippen LogP contribution is 2.15. The Hall–Kier alpha value is -1.36. The lowest BCUT2D eigenvalue weighted by molar-refractivity contribution is 0.143. The zero-order chi connectivity index (χ0) is 13.4. The fourth-order valence-electron chi connectivity index (χ4n) is 1.48. The van der Waals surface area contributed by atoms with E-state index >= 15 is 0 Å². The Balaban J connectivity index is 2.77. The molecule has 0 aliphatic carbocycles. The van der Waals surface area contributed by atoms with Crippen LogP contribution in [0.15, 0.2) is 6.07 Å². The molecule has 102 valence electrons. The normalized spacial score (nSPS) is 10.7. The summed E-state index contributed by atoms with van der Waals surface area (Å²) in [6.07, 6.45) is 1.87. The first-order valence-electron chi connectivity index (χ1n) is 6.42. The zero-order valence-corrected chi connectivity index (χ0v) is 11.7. The number of methoxy groups -OCH3 is 1. The average Bonchev–Trinajstić information content (AvgIpc) is 2.28. The number of nitrogens with one attached hydrogen (secondary N) is 1. The maximum Gasteiger partial charge on any atom is 0.218 e. The summed E-state index contributed by atoms with van der Waals surface area (Å²) in [4.78, 5) is 8.83. The highest BCUT2D eigenvalue weighted by Gasteiger charge is 2.06. The Morgan fingerprint density at radius 1 is 1.28 bits per heavy atom. The van der Waals surface area contributed by atoms with Crippen LogP contribution in [0.25, 0.3) is 0 Å². The van der Waals surface area contributed by atoms with Crippen LogP contribution in [0.3, 0.4) is 0 Å². The van der Waals surface area contributed by atoms with E-state index < -0.39 is 0 Å². The van der Waals surface area contributed by atoms with Gasteiger partial charge in [0.05, 0.1) is 6.61 Å². The quantitative estimate of drug-likeness (QED) is 0.720. The number of hydrogen-bond donors (Lipinski definition) is 1. The van der Waals surface area contributed by atoms with Gasteiger partial charge < -0.3 is 14.8 Å². The summed E-state index contributed by atoms with van der Waals surface area (Å²) in [6, 6.07) is 2.16. The smallest absolute Gasteiger partial charge is 0.218 e. The van der Waals surface area contributed by atoms with Gasteiger partial charge in [0, 0.05) is 25.6 Å². The minimum Gasteiger partial charge on any atom is -0.475 e. The molecule has 5 nitrogen and oxygen atoms in total.